The smallest absolute Gasteiger partial charge is 0.0556 e. The Morgan fingerprint density at radius 2 is 2.09 bits per heavy atom. The SMILES string of the molecule is CC(NCCO)C1CCCC1. The lowest BCUT2D eigenvalue weighted by atomic mass is 10.00. The van der Waals surface area contributed by atoms with E-state index < -0.39 is 0 Å². The van der Waals surface area contributed by atoms with Crippen LogP contribution in [0.15, 0.2) is 0 Å². The molecule has 2 N–H and O–H groups in total. The molecule has 1 saturated carbocycles. The molecule has 1 atom stereocenters. The maximum atomic E-state index is 8.60. The van der Waals surface area contributed by atoms with Crippen molar-refractivity contribution >= 4 is 0 Å². The van der Waals surface area contributed by atoms with Gasteiger partial charge in [-0.25, -0.2) is 0 Å². The molecule has 2 nitrogen and oxygen atoms in total. The largest absolute Gasteiger partial charge is 0.395 e. The molecule has 0 bridgehead atoms. The zero-order chi connectivity index (χ0) is 8.10. The summed E-state index contributed by atoms with van der Waals surface area (Å²) >= 11 is 0. The van der Waals surface area contributed by atoms with Crippen LogP contribution in [0.3, 0.4) is 0 Å². The van der Waals surface area contributed by atoms with Gasteiger partial charge in [-0.05, 0) is 25.7 Å². The predicted octanol–water partition coefficient (Wildman–Crippen LogP) is 1.15. The van der Waals surface area contributed by atoms with E-state index in [1.54, 1.807) is 0 Å². The fraction of sp³-hybridized carbons (Fsp3) is 1.00. The van der Waals surface area contributed by atoms with Crippen molar-refractivity contribution in [3.05, 3.63) is 0 Å². The summed E-state index contributed by atoms with van der Waals surface area (Å²) in [6.07, 6.45) is 5.55. The third kappa shape index (κ3) is 2.80. The quantitative estimate of drug-likeness (QED) is 0.641. The molecule has 66 valence electrons. The van der Waals surface area contributed by atoms with Crippen molar-refractivity contribution in [1.82, 2.24) is 5.32 Å². The van der Waals surface area contributed by atoms with E-state index in [0.29, 0.717) is 6.04 Å². The lowest BCUT2D eigenvalue weighted by molar-refractivity contribution is 0.272. The lowest BCUT2D eigenvalue weighted by Crippen LogP contribution is -2.34. The van der Waals surface area contributed by atoms with Crippen LogP contribution in [0.2, 0.25) is 0 Å². The highest BCUT2D eigenvalue weighted by molar-refractivity contribution is 4.76. The van der Waals surface area contributed by atoms with Gasteiger partial charge in [-0.3, -0.25) is 0 Å². The van der Waals surface area contributed by atoms with Gasteiger partial charge in [0.2, 0.25) is 0 Å². The van der Waals surface area contributed by atoms with E-state index in [1.165, 1.54) is 25.7 Å². The molecule has 0 aliphatic heterocycles. The van der Waals surface area contributed by atoms with Gasteiger partial charge >= 0.3 is 0 Å². The number of aliphatic hydroxyl groups is 1. The van der Waals surface area contributed by atoms with Gasteiger partial charge < -0.3 is 10.4 Å². The van der Waals surface area contributed by atoms with Crippen LogP contribution in [0.25, 0.3) is 0 Å². The molecular weight excluding hydrogens is 138 g/mol. The van der Waals surface area contributed by atoms with Crippen molar-refractivity contribution in [2.24, 2.45) is 5.92 Å². The topological polar surface area (TPSA) is 32.3 Å². The molecule has 0 heterocycles. The summed E-state index contributed by atoms with van der Waals surface area (Å²) in [5.41, 5.74) is 0. The molecule has 1 fully saturated rings. The Morgan fingerprint density at radius 3 is 2.64 bits per heavy atom. The summed E-state index contributed by atoms with van der Waals surface area (Å²) < 4.78 is 0. The van der Waals surface area contributed by atoms with Crippen molar-refractivity contribution in [3.63, 3.8) is 0 Å². The van der Waals surface area contributed by atoms with Crippen molar-refractivity contribution in [3.8, 4) is 0 Å². The molecule has 0 aromatic rings. The highest BCUT2D eigenvalue weighted by atomic mass is 16.3. The Hall–Kier alpha value is -0.0800. The van der Waals surface area contributed by atoms with Gasteiger partial charge in [0.25, 0.3) is 0 Å². The van der Waals surface area contributed by atoms with E-state index in [0.717, 1.165) is 12.5 Å². The zero-order valence-electron chi connectivity index (χ0n) is 7.34. The summed E-state index contributed by atoms with van der Waals surface area (Å²) in [4.78, 5) is 0. The molecule has 0 aromatic heterocycles. The molecule has 1 unspecified atom stereocenters. The monoisotopic (exact) mass is 157 g/mol. The van der Waals surface area contributed by atoms with Gasteiger partial charge in [-0.1, -0.05) is 12.8 Å². The number of rotatable bonds is 4. The standard InChI is InChI=1S/C9H19NO/c1-8(10-6-7-11)9-4-2-3-5-9/h8-11H,2-7H2,1H3. The molecule has 2 heteroatoms. The highest BCUT2D eigenvalue weighted by Gasteiger charge is 2.20. The van der Waals surface area contributed by atoms with Crippen LogP contribution in [-0.4, -0.2) is 24.3 Å². The fourth-order valence-corrected chi connectivity index (χ4v) is 1.92. The summed E-state index contributed by atoms with van der Waals surface area (Å²) in [6.45, 7) is 3.24. The Bertz CT molecular complexity index is 99.7. The van der Waals surface area contributed by atoms with E-state index >= 15 is 0 Å². The number of aliphatic hydroxyl groups excluding tert-OH is 1. The highest BCUT2D eigenvalue weighted by Crippen LogP contribution is 2.27. The maximum Gasteiger partial charge on any atom is 0.0556 e. The summed E-state index contributed by atoms with van der Waals surface area (Å²) in [7, 11) is 0. The normalized spacial score (nSPS) is 22.4. The van der Waals surface area contributed by atoms with Crippen LogP contribution in [0, 0.1) is 5.92 Å². The van der Waals surface area contributed by atoms with Crippen LogP contribution in [-0.2, 0) is 0 Å². The van der Waals surface area contributed by atoms with Crippen molar-refractivity contribution in [1.29, 1.82) is 0 Å². The van der Waals surface area contributed by atoms with Gasteiger partial charge in [0.15, 0.2) is 0 Å². The van der Waals surface area contributed by atoms with Gasteiger partial charge in [0.05, 0.1) is 6.61 Å². The predicted molar refractivity (Wildman–Crippen MR) is 46.5 cm³/mol. The average Bonchev–Trinajstić information content (AvgIpc) is 2.52. The lowest BCUT2D eigenvalue weighted by Gasteiger charge is -2.19. The molecule has 0 amide bonds. The number of hydrogen-bond acceptors (Lipinski definition) is 2. The second-order valence-corrected chi connectivity index (χ2v) is 3.51. The Kier molecular flexibility index (Phi) is 3.87. The zero-order valence-corrected chi connectivity index (χ0v) is 7.34. The van der Waals surface area contributed by atoms with Crippen molar-refractivity contribution in [2.75, 3.05) is 13.2 Å². The summed E-state index contributed by atoms with van der Waals surface area (Å²) in [6, 6.07) is 0.602. The van der Waals surface area contributed by atoms with Crippen molar-refractivity contribution < 1.29 is 5.11 Å². The second kappa shape index (κ2) is 4.73. The van der Waals surface area contributed by atoms with Gasteiger partial charge in [-0.2, -0.15) is 0 Å². The minimum absolute atomic E-state index is 0.261. The Balaban J connectivity index is 2.12. The Labute approximate surface area is 69.0 Å². The van der Waals surface area contributed by atoms with Gasteiger partial charge in [0, 0.05) is 12.6 Å². The average molecular weight is 157 g/mol. The molecule has 0 spiro atoms. The molecule has 11 heavy (non-hydrogen) atoms. The number of hydrogen-bond donors (Lipinski definition) is 2. The number of nitrogens with one attached hydrogen (secondary N) is 1. The third-order valence-corrected chi connectivity index (χ3v) is 2.69. The van der Waals surface area contributed by atoms with E-state index in [9.17, 15) is 0 Å². The molecular formula is C9H19NO. The first kappa shape index (κ1) is 9.01. The van der Waals surface area contributed by atoms with E-state index in [2.05, 4.69) is 12.2 Å². The van der Waals surface area contributed by atoms with Gasteiger partial charge in [-0.15, -0.1) is 0 Å². The maximum absolute atomic E-state index is 8.60. The van der Waals surface area contributed by atoms with E-state index in [4.69, 9.17) is 5.11 Å². The molecule has 0 aromatic carbocycles. The molecule has 1 aliphatic rings. The van der Waals surface area contributed by atoms with Gasteiger partial charge in [0.1, 0.15) is 0 Å². The molecule has 0 radical (unpaired) electrons. The van der Waals surface area contributed by atoms with E-state index in [1.807, 2.05) is 0 Å². The Morgan fingerprint density at radius 1 is 1.45 bits per heavy atom. The molecule has 1 rings (SSSR count). The van der Waals surface area contributed by atoms with Crippen LogP contribution >= 0.6 is 0 Å². The molecule has 0 saturated heterocycles. The first-order chi connectivity index (χ1) is 5.34. The summed E-state index contributed by atoms with van der Waals surface area (Å²) in [5.74, 6) is 0.863. The fourth-order valence-electron chi connectivity index (χ4n) is 1.92. The molecule has 1 aliphatic carbocycles. The van der Waals surface area contributed by atoms with Crippen molar-refractivity contribution in [2.45, 2.75) is 38.6 Å². The van der Waals surface area contributed by atoms with Crippen LogP contribution in [0.4, 0.5) is 0 Å². The van der Waals surface area contributed by atoms with Crippen LogP contribution < -0.4 is 5.32 Å². The minimum Gasteiger partial charge on any atom is -0.395 e. The first-order valence-electron chi connectivity index (χ1n) is 4.69. The second-order valence-electron chi connectivity index (χ2n) is 3.51. The van der Waals surface area contributed by atoms with Crippen LogP contribution in [0.1, 0.15) is 32.6 Å². The summed E-state index contributed by atoms with van der Waals surface area (Å²) in [5, 5.41) is 11.9. The first-order valence-corrected chi connectivity index (χ1v) is 4.69. The van der Waals surface area contributed by atoms with E-state index in [-0.39, 0.29) is 6.61 Å². The third-order valence-electron chi connectivity index (χ3n) is 2.69. The minimum atomic E-state index is 0.261. The van der Waals surface area contributed by atoms with Crippen LogP contribution in [0.5, 0.6) is 0 Å².